The van der Waals surface area contributed by atoms with E-state index in [1.54, 1.807) is 30.5 Å². The normalized spacial score (nSPS) is 25.1. The molecule has 5 rings (SSSR count). The molecule has 3 atom stereocenters. The summed E-state index contributed by atoms with van der Waals surface area (Å²) in [5.41, 5.74) is 3.64. The third-order valence-electron chi connectivity index (χ3n) is 7.45. The van der Waals surface area contributed by atoms with Gasteiger partial charge in [0.1, 0.15) is 22.8 Å². The number of nitrogens with zero attached hydrogens (tertiary/aromatic N) is 1. The van der Waals surface area contributed by atoms with Gasteiger partial charge in [0.05, 0.1) is 16.9 Å². The van der Waals surface area contributed by atoms with Crippen LogP contribution in [-0.4, -0.2) is 54.5 Å². The number of carbonyl (C=O) groups is 3. The highest BCUT2D eigenvalue weighted by atomic mass is 16.3. The summed E-state index contributed by atoms with van der Waals surface area (Å²) in [5, 5.41) is 47.2. The molecular formula is C27H27N3O7. The number of phenolic OH excluding ortho intramolecular Hbond substituents is 1. The zero-order valence-electron chi connectivity index (χ0n) is 20.3. The molecule has 37 heavy (non-hydrogen) atoms. The number of Topliss-reactive ketones (excluding diaryl/α,β-unsaturated/α-hetero) is 2. The van der Waals surface area contributed by atoms with Gasteiger partial charge < -0.3 is 31.5 Å². The van der Waals surface area contributed by atoms with Crippen molar-refractivity contribution in [1.82, 2.24) is 4.98 Å². The Morgan fingerprint density at radius 3 is 2.54 bits per heavy atom. The minimum atomic E-state index is -2.59. The number of fused-ring (bicyclic) bond motifs is 3. The van der Waals surface area contributed by atoms with Gasteiger partial charge in [-0.05, 0) is 56.4 Å². The number of pyridine rings is 1. The summed E-state index contributed by atoms with van der Waals surface area (Å²) in [6.45, 7) is 3.74. The van der Waals surface area contributed by atoms with Gasteiger partial charge in [0.2, 0.25) is 5.78 Å². The zero-order chi connectivity index (χ0) is 26.8. The minimum absolute atomic E-state index is 0.0528. The SMILES string of the molecule is CC(C)Nc1cc(-c2ccccn2)c2c(c1O)C(=O)C1=C(O)[C@]3(O)C(=O)C(C(N)=O)=C(O)C[C@@H]3C[C@@H]1C2. The minimum Gasteiger partial charge on any atom is -0.511 e. The number of nitrogens with one attached hydrogen (secondary N) is 1. The van der Waals surface area contributed by atoms with E-state index in [1.165, 1.54) is 0 Å². The van der Waals surface area contributed by atoms with E-state index in [4.69, 9.17) is 5.73 Å². The summed E-state index contributed by atoms with van der Waals surface area (Å²) in [5.74, 6) is -6.56. The fourth-order valence-corrected chi connectivity index (χ4v) is 5.86. The molecule has 1 aromatic carbocycles. The first-order valence-electron chi connectivity index (χ1n) is 12.0. The number of anilines is 1. The fourth-order valence-electron chi connectivity index (χ4n) is 5.86. The molecule has 0 bridgehead atoms. The molecule has 0 radical (unpaired) electrons. The molecule has 10 nitrogen and oxygen atoms in total. The second-order valence-corrected chi connectivity index (χ2v) is 10.1. The van der Waals surface area contributed by atoms with Crippen molar-refractivity contribution >= 4 is 23.2 Å². The van der Waals surface area contributed by atoms with Crippen molar-refractivity contribution in [2.24, 2.45) is 17.6 Å². The van der Waals surface area contributed by atoms with Crippen LogP contribution < -0.4 is 11.1 Å². The van der Waals surface area contributed by atoms with Gasteiger partial charge in [-0.2, -0.15) is 0 Å². The molecule has 1 amide bonds. The van der Waals surface area contributed by atoms with Gasteiger partial charge in [0, 0.05) is 35.7 Å². The first-order chi connectivity index (χ1) is 17.5. The molecule has 3 aliphatic carbocycles. The van der Waals surface area contributed by atoms with Gasteiger partial charge in [0.25, 0.3) is 5.91 Å². The second kappa shape index (κ2) is 8.45. The van der Waals surface area contributed by atoms with E-state index in [0.717, 1.165) is 0 Å². The summed E-state index contributed by atoms with van der Waals surface area (Å²) in [7, 11) is 0. The van der Waals surface area contributed by atoms with E-state index < -0.39 is 52.0 Å². The number of benzene rings is 1. The Balaban J connectivity index is 1.73. The number of carbonyl (C=O) groups excluding carboxylic acids is 3. The number of nitrogens with two attached hydrogens (primary N) is 1. The van der Waals surface area contributed by atoms with Crippen LogP contribution in [0.3, 0.4) is 0 Å². The molecule has 3 aliphatic rings. The van der Waals surface area contributed by atoms with Crippen LogP contribution in [0.15, 0.2) is 53.1 Å². The van der Waals surface area contributed by atoms with Crippen LogP contribution >= 0.6 is 0 Å². The number of aliphatic hydroxyl groups excluding tert-OH is 2. The summed E-state index contributed by atoms with van der Waals surface area (Å²) < 4.78 is 0. The fraction of sp³-hybridized carbons (Fsp3) is 0.333. The largest absolute Gasteiger partial charge is 0.511 e. The number of phenols is 1. The number of aromatic nitrogens is 1. The van der Waals surface area contributed by atoms with E-state index in [1.807, 2.05) is 13.8 Å². The Labute approximate surface area is 212 Å². The molecule has 1 heterocycles. The lowest BCUT2D eigenvalue weighted by molar-refractivity contribution is -0.144. The predicted molar refractivity (Wildman–Crippen MR) is 133 cm³/mol. The predicted octanol–water partition coefficient (Wildman–Crippen LogP) is 2.46. The van der Waals surface area contributed by atoms with Crippen molar-refractivity contribution < 1.29 is 34.8 Å². The van der Waals surface area contributed by atoms with Crippen LogP contribution in [0.2, 0.25) is 0 Å². The van der Waals surface area contributed by atoms with Gasteiger partial charge >= 0.3 is 0 Å². The van der Waals surface area contributed by atoms with Crippen molar-refractivity contribution in [3.63, 3.8) is 0 Å². The molecule has 192 valence electrons. The molecular weight excluding hydrogens is 478 g/mol. The molecule has 10 heteroatoms. The topological polar surface area (TPSA) is 183 Å². The molecule has 2 aromatic rings. The molecule has 0 aliphatic heterocycles. The van der Waals surface area contributed by atoms with Crippen molar-refractivity contribution in [2.45, 2.75) is 44.8 Å². The Bertz CT molecular complexity index is 1430. The maximum absolute atomic E-state index is 13.9. The number of ketones is 2. The van der Waals surface area contributed by atoms with Gasteiger partial charge in [-0.1, -0.05) is 6.07 Å². The lowest BCUT2D eigenvalue weighted by Gasteiger charge is -2.45. The third kappa shape index (κ3) is 3.51. The lowest BCUT2D eigenvalue weighted by Crippen LogP contribution is -2.57. The average Bonchev–Trinajstić information content (AvgIpc) is 2.83. The highest BCUT2D eigenvalue weighted by Gasteiger charge is 2.59. The highest BCUT2D eigenvalue weighted by molar-refractivity contribution is 6.24. The van der Waals surface area contributed by atoms with Crippen molar-refractivity contribution in [3.8, 4) is 17.0 Å². The second-order valence-electron chi connectivity index (χ2n) is 10.1. The monoisotopic (exact) mass is 505 g/mol. The number of aliphatic hydroxyl groups is 3. The molecule has 0 unspecified atom stereocenters. The van der Waals surface area contributed by atoms with Crippen molar-refractivity contribution in [3.05, 3.63) is 64.3 Å². The van der Waals surface area contributed by atoms with E-state index >= 15 is 0 Å². The van der Waals surface area contributed by atoms with Gasteiger partial charge in [-0.15, -0.1) is 0 Å². The number of rotatable bonds is 4. The van der Waals surface area contributed by atoms with Gasteiger partial charge in [-0.25, -0.2) is 0 Å². The van der Waals surface area contributed by atoms with Crippen LogP contribution in [0.25, 0.3) is 11.3 Å². The molecule has 1 aromatic heterocycles. The summed E-state index contributed by atoms with van der Waals surface area (Å²) in [6.07, 6.45) is 1.61. The van der Waals surface area contributed by atoms with E-state index in [2.05, 4.69) is 10.3 Å². The summed E-state index contributed by atoms with van der Waals surface area (Å²) >= 11 is 0. The Hall–Kier alpha value is -4.18. The summed E-state index contributed by atoms with van der Waals surface area (Å²) in [6, 6.07) is 7.00. The molecule has 0 saturated carbocycles. The van der Waals surface area contributed by atoms with Crippen LogP contribution in [0.1, 0.15) is 42.6 Å². The van der Waals surface area contributed by atoms with Crippen molar-refractivity contribution in [2.75, 3.05) is 5.32 Å². The highest BCUT2D eigenvalue weighted by Crippen LogP contribution is 2.53. The first-order valence-corrected chi connectivity index (χ1v) is 12.0. The maximum atomic E-state index is 13.9. The van der Waals surface area contributed by atoms with E-state index in [9.17, 15) is 34.8 Å². The Kier molecular flexibility index (Phi) is 5.60. The van der Waals surface area contributed by atoms with Crippen LogP contribution in [0, 0.1) is 11.8 Å². The van der Waals surface area contributed by atoms with Crippen LogP contribution in [0.4, 0.5) is 5.69 Å². The van der Waals surface area contributed by atoms with E-state index in [0.29, 0.717) is 22.5 Å². The van der Waals surface area contributed by atoms with Gasteiger partial charge in [-0.3, -0.25) is 19.4 Å². The molecule has 0 spiro atoms. The standard InChI is InChI=1S/C27H27N3O7/c1-11(2)30-17-10-14(16-5-3-4-6-29-16)15-8-12-7-13-9-18(31)21(26(28)36)25(35)27(13,37)24(34)19(12)23(33)20(15)22(17)32/h3-6,10-13,30-32,34,37H,7-9H2,1-2H3,(H2,28,36)/t12-,13+,27+/m1/s1. The maximum Gasteiger partial charge on any atom is 0.255 e. The smallest absolute Gasteiger partial charge is 0.255 e. The van der Waals surface area contributed by atoms with Crippen LogP contribution in [0.5, 0.6) is 5.75 Å². The quantitative estimate of drug-likeness (QED) is 0.268. The Morgan fingerprint density at radius 1 is 1.19 bits per heavy atom. The number of hydrogen-bond donors (Lipinski definition) is 6. The number of amides is 1. The average molecular weight is 506 g/mol. The number of primary amides is 1. The number of aromatic hydroxyl groups is 1. The summed E-state index contributed by atoms with van der Waals surface area (Å²) in [4.78, 5) is 43.3. The van der Waals surface area contributed by atoms with E-state index in [-0.39, 0.29) is 42.2 Å². The number of allylic oxidation sites excluding steroid dienone is 2. The zero-order valence-corrected chi connectivity index (χ0v) is 20.3. The molecule has 0 saturated heterocycles. The Morgan fingerprint density at radius 2 is 1.92 bits per heavy atom. The van der Waals surface area contributed by atoms with Crippen LogP contribution in [-0.2, 0) is 16.0 Å². The number of hydrogen-bond acceptors (Lipinski definition) is 9. The third-order valence-corrected chi connectivity index (χ3v) is 7.45. The van der Waals surface area contributed by atoms with Crippen molar-refractivity contribution in [1.29, 1.82) is 0 Å². The lowest BCUT2D eigenvalue weighted by atomic mass is 9.60. The molecule has 7 N–H and O–H groups in total. The van der Waals surface area contributed by atoms with Gasteiger partial charge in [0.15, 0.2) is 11.4 Å². The first kappa shape index (κ1) is 24.5. The molecule has 0 fully saturated rings.